The minimum atomic E-state index is -0.0589. The van der Waals surface area contributed by atoms with E-state index in [9.17, 15) is 9.59 Å². The molecular formula is C19H30N4O2. The van der Waals surface area contributed by atoms with Gasteiger partial charge in [0.1, 0.15) is 0 Å². The minimum absolute atomic E-state index is 0.0589. The summed E-state index contributed by atoms with van der Waals surface area (Å²) in [5.74, 6) is 0.539. The van der Waals surface area contributed by atoms with Crippen molar-refractivity contribution in [3.63, 3.8) is 0 Å². The normalized spacial score (nSPS) is 15.0. The van der Waals surface area contributed by atoms with Crippen molar-refractivity contribution in [2.24, 2.45) is 5.92 Å². The van der Waals surface area contributed by atoms with Crippen molar-refractivity contribution in [2.45, 2.75) is 26.2 Å². The number of amides is 3. The lowest BCUT2D eigenvalue weighted by atomic mass is 9.93. The zero-order chi connectivity index (χ0) is 18.6. The Bertz CT molecular complexity index is 620. The Hall–Kier alpha value is -2.24. The molecule has 1 aliphatic heterocycles. The summed E-state index contributed by atoms with van der Waals surface area (Å²) in [6.45, 7) is 3.41. The predicted octanol–water partition coefficient (Wildman–Crippen LogP) is 2.78. The molecule has 0 spiro atoms. The number of rotatable bonds is 4. The fourth-order valence-electron chi connectivity index (χ4n) is 3.21. The summed E-state index contributed by atoms with van der Waals surface area (Å²) in [5, 5.41) is 3.03. The smallest absolute Gasteiger partial charge is 0.321 e. The molecular weight excluding hydrogens is 316 g/mol. The van der Waals surface area contributed by atoms with Gasteiger partial charge in [-0.15, -0.1) is 0 Å². The number of hydrogen-bond donors (Lipinski definition) is 1. The van der Waals surface area contributed by atoms with Gasteiger partial charge in [0, 0.05) is 59.1 Å². The number of anilines is 2. The van der Waals surface area contributed by atoms with Gasteiger partial charge < -0.3 is 20.0 Å². The Kier molecular flexibility index (Phi) is 6.28. The third-order valence-corrected chi connectivity index (χ3v) is 4.89. The van der Waals surface area contributed by atoms with Crippen LogP contribution in [0, 0.1) is 12.8 Å². The van der Waals surface area contributed by atoms with Crippen molar-refractivity contribution < 1.29 is 9.59 Å². The van der Waals surface area contributed by atoms with Gasteiger partial charge in [-0.1, -0.05) is 6.07 Å². The number of urea groups is 1. The molecule has 1 heterocycles. The second-order valence-electron chi connectivity index (χ2n) is 7.20. The average molecular weight is 346 g/mol. The molecule has 0 aromatic heterocycles. The van der Waals surface area contributed by atoms with Crippen LogP contribution < -0.4 is 10.2 Å². The van der Waals surface area contributed by atoms with E-state index in [1.54, 1.807) is 19.0 Å². The van der Waals surface area contributed by atoms with E-state index in [1.165, 1.54) is 0 Å². The molecule has 1 aromatic carbocycles. The van der Waals surface area contributed by atoms with Gasteiger partial charge in [-0.25, -0.2) is 4.79 Å². The van der Waals surface area contributed by atoms with Crippen LogP contribution in [0.15, 0.2) is 18.2 Å². The minimum Gasteiger partial charge on any atom is -0.377 e. The largest absolute Gasteiger partial charge is 0.377 e. The molecule has 0 bridgehead atoms. The standard InChI is InChI=1S/C19H30N4O2/c1-14-16(7-6-8-17(14)21(2)3)20-19(25)23-11-9-15(10-12-23)13-18(24)22(4)5/h6-8,15H,9-13H2,1-5H3,(H,20,25). The number of piperidine rings is 1. The quantitative estimate of drug-likeness (QED) is 0.912. The van der Waals surface area contributed by atoms with Crippen molar-refractivity contribution in [1.29, 1.82) is 0 Å². The maximum atomic E-state index is 12.6. The Morgan fingerprint density at radius 1 is 1.16 bits per heavy atom. The van der Waals surface area contributed by atoms with Gasteiger partial charge in [0.05, 0.1) is 0 Å². The van der Waals surface area contributed by atoms with E-state index in [4.69, 9.17) is 0 Å². The van der Waals surface area contributed by atoms with Crippen LogP contribution in [0.4, 0.5) is 16.2 Å². The molecule has 1 aliphatic rings. The number of carbonyl (C=O) groups excluding carboxylic acids is 2. The zero-order valence-electron chi connectivity index (χ0n) is 16.0. The highest BCUT2D eigenvalue weighted by molar-refractivity contribution is 5.91. The maximum Gasteiger partial charge on any atom is 0.321 e. The molecule has 6 nitrogen and oxygen atoms in total. The molecule has 0 radical (unpaired) electrons. The van der Waals surface area contributed by atoms with Gasteiger partial charge in [-0.05, 0) is 43.4 Å². The molecule has 1 saturated heterocycles. The van der Waals surface area contributed by atoms with E-state index >= 15 is 0 Å². The van der Waals surface area contributed by atoms with Crippen molar-refractivity contribution >= 4 is 23.3 Å². The average Bonchev–Trinajstić information content (AvgIpc) is 2.56. The molecule has 6 heteroatoms. The molecule has 0 atom stereocenters. The highest BCUT2D eigenvalue weighted by Crippen LogP contribution is 2.26. The molecule has 2 rings (SSSR count). The molecule has 138 valence electrons. The van der Waals surface area contributed by atoms with Gasteiger partial charge in [-0.2, -0.15) is 0 Å². The molecule has 1 N–H and O–H groups in total. The highest BCUT2D eigenvalue weighted by atomic mass is 16.2. The van der Waals surface area contributed by atoms with E-state index in [0.29, 0.717) is 25.4 Å². The fraction of sp³-hybridized carbons (Fsp3) is 0.579. The number of nitrogens with zero attached hydrogens (tertiary/aromatic N) is 3. The Labute approximate surface area is 150 Å². The summed E-state index contributed by atoms with van der Waals surface area (Å²) in [6, 6.07) is 5.87. The first kappa shape index (κ1) is 19.1. The van der Waals surface area contributed by atoms with E-state index in [0.717, 1.165) is 29.8 Å². The topological polar surface area (TPSA) is 55.9 Å². The molecule has 1 fully saturated rings. The number of nitrogens with one attached hydrogen (secondary N) is 1. The third kappa shape index (κ3) is 4.87. The van der Waals surface area contributed by atoms with E-state index in [1.807, 2.05) is 49.0 Å². The summed E-state index contributed by atoms with van der Waals surface area (Å²) < 4.78 is 0. The molecule has 0 aliphatic carbocycles. The summed E-state index contributed by atoms with van der Waals surface area (Å²) in [7, 11) is 7.56. The monoisotopic (exact) mass is 346 g/mol. The highest BCUT2D eigenvalue weighted by Gasteiger charge is 2.25. The Balaban J connectivity index is 1.91. The lowest BCUT2D eigenvalue weighted by molar-refractivity contribution is -0.129. The SMILES string of the molecule is Cc1c(NC(=O)N2CCC(CC(=O)N(C)C)CC2)cccc1N(C)C. The molecule has 1 aromatic rings. The molecule has 0 unspecified atom stereocenters. The summed E-state index contributed by atoms with van der Waals surface area (Å²) in [6.07, 6.45) is 2.33. The number of likely N-dealkylation sites (tertiary alicyclic amines) is 1. The second kappa shape index (κ2) is 8.23. The number of carbonyl (C=O) groups is 2. The van der Waals surface area contributed by atoms with E-state index < -0.39 is 0 Å². The summed E-state index contributed by atoms with van der Waals surface area (Å²) in [4.78, 5) is 29.9. The molecule has 25 heavy (non-hydrogen) atoms. The molecule has 3 amide bonds. The van der Waals surface area contributed by atoms with Crippen molar-refractivity contribution in [1.82, 2.24) is 9.80 Å². The Morgan fingerprint density at radius 3 is 2.36 bits per heavy atom. The van der Waals surface area contributed by atoms with Gasteiger partial charge in [0.15, 0.2) is 0 Å². The Morgan fingerprint density at radius 2 is 1.80 bits per heavy atom. The van der Waals surface area contributed by atoms with Gasteiger partial charge in [0.2, 0.25) is 5.91 Å². The van der Waals surface area contributed by atoms with E-state index in [-0.39, 0.29) is 11.9 Å². The lowest BCUT2D eigenvalue weighted by Gasteiger charge is -2.32. The van der Waals surface area contributed by atoms with Crippen LogP contribution in [0.3, 0.4) is 0 Å². The first-order chi connectivity index (χ1) is 11.8. The molecule has 0 saturated carbocycles. The number of benzene rings is 1. The van der Waals surface area contributed by atoms with Crippen LogP contribution in [0.2, 0.25) is 0 Å². The predicted molar refractivity (Wildman–Crippen MR) is 102 cm³/mol. The fourth-order valence-corrected chi connectivity index (χ4v) is 3.21. The first-order valence-corrected chi connectivity index (χ1v) is 8.82. The van der Waals surface area contributed by atoms with Crippen molar-refractivity contribution in [3.8, 4) is 0 Å². The van der Waals surface area contributed by atoms with Crippen molar-refractivity contribution in [3.05, 3.63) is 23.8 Å². The first-order valence-electron chi connectivity index (χ1n) is 8.82. The van der Waals surface area contributed by atoms with Crippen LogP contribution >= 0.6 is 0 Å². The lowest BCUT2D eigenvalue weighted by Crippen LogP contribution is -2.42. The van der Waals surface area contributed by atoms with Gasteiger partial charge in [-0.3, -0.25) is 4.79 Å². The number of hydrogen-bond acceptors (Lipinski definition) is 3. The summed E-state index contributed by atoms with van der Waals surface area (Å²) in [5.41, 5.74) is 3.01. The van der Waals surface area contributed by atoms with Gasteiger partial charge in [0.25, 0.3) is 0 Å². The maximum absolute atomic E-state index is 12.6. The van der Waals surface area contributed by atoms with Crippen LogP contribution in [0.25, 0.3) is 0 Å². The van der Waals surface area contributed by atoms with E-state index in [2.05, 4.69) is 5.32 Å². The zero-order valence-corrected chi connectivity index (χ0v) is 16.0. The van der Waals surface area contributed by atoms with Crippen LogP contribution in [-0.2, 0) is 4.79 Å². The van der Waals surface area contributed by atoms with Gasteiger partial charge >= 0.3 is 6.03 Å². The van der Waals surface area contributed by atoms with Crippen LogP contribution in [0.1, 0.15) is 24.8 Å². The third-order valence-electron chi connectivity index (χ3n) is 4.89. The van der Waals surface area contributed by atoms with Crippen LogP contribution in [0.5, 0.6) is 0 Å². The van der Waals surface area contributed by atoms with Crippen molar-refractivity contribution in [2.75, 3.05) is 51.5 Å². The summed E-state index contributed by atoms with van der Waals surface area (Å²) >= 11 is 0. The van der Waals surface area contributed by atoms with Crippen LogP contribution in [-0.4, -0.2) is 63.0 Å². The second-order valence-corrected chi connectivity index (χ2v) is 7.20.